The monoisotopic (exact) mass is 561 g/mol. The zero-order chi connectivity index (χ0) is 27.2. The number of carbonyl (C=O) groups excluding carboxylic acids is 2. The van der Waals surface area contributed by atoms with Gasteiger partial charge in [0, 0.05) is 20.0 Å². The first-order chi connectivity index (χ1) is 17.5. The van der Waals surface area contributed by atoms with Crippen molar-refractivity contribution in [1.82, 2.24) is 10.2 Å². The van der Waals surface area contributed by atoms with Crippen LogP contribution in [0.15, 0.2) is 72.8 Å². The number of amides is 2. The normalized spacial score (nSPS) is 12.0. The molecule has 3 rings (SSSR count). The zero-order valence-electron chi connectivity index (χ0n) is 20.8. The average Bonchev–Trinajstić information content (AvgIpc) is 2.86. The fourth-order valence-electron chi connectivity index (χ4n) is 3.99. The van der Waals surface area contributed by atoms with Gasteiger partial charge >= 0.3 is 0 Å². The fraction of sp³-hybridized carbons (Fsp3) is 0.259. The van der Waals surface area contributed by atoms with Crippen molar-refractivity contribution in [1.29, 1.82) is 0 Å². The van der Waals surface area contributed by atoms with Crippen LogP contribution in [0.3, 0.4) is 0 Å². The summed E-state index contributed by atoms with van der Waals surface area (Å²) in [6.07, 6.45) is 1.28. The van der Waals surface area contributed by atoms with Crippen molar-refractivity contribution in [2.75, 3.05) is 24.2 Å². The number of sulfonamides is 1. The number of hydrogen-bond donors (Lipinski definition) is 1. The number of hydrogen-bond acceptors (Lipinski definition) is 4. The highest BCUT2D eigenvalue weighted by molar-refractivity contribution is 7.92. The lowest BCUT2D eigenvalue weighted by atomic mass is 10.0. The Labute approximate surface area is 228 Å². The van der Waals surface area contributed by atoms with E-state index in [2.05, 4.69) is 5.32 Å². The summed E-state index contributed by atoms with van der Waals surface area (Å²) in [5.41, 5.74) is 2.59. The third-order valence-electron chi connectivity index (χ3n) is 5.92. The number of benzene rings is 3. The molecule has 3 aromatic carbocycles. The number of likely N-dealkylation sites (N-methyl/N-ethyl adjacent to an activating group) is 1. The van der Waals surface area contributed by atoms with Gasteiger partial charge in [-0.3, -0.25) is 13.9 Å². The average molecular weight is 563 g/mol. The maximum Gasteiger partial charge on any atom is 0.244 e. The molecule has 0 fully saturated rings. The van der Waals surface area contributed by atoms with Crippen LogP contribution < -0.4 is 9.62 Å². The Balaban J connectivity index is 2.05. The Bertz CT molecular complexity index is 1370. The summed E-state index contributed by atoms with van der Waals surface area (Å²) in [6.45, 7) is 1.31. The number of nitrogens with zero attached hydrogens (tertiary/aromatic N) is 2. The second kappa shape index (κ2) is 12.4. The summed E-state index contributed by atoms with van der Waals surface area (Å²) in [5, 5.41) is 3.31. The van der Waals surface area contributed by atoms with E-state index < -0.39 is 28.5 Å². The van der Waals surface area contributed by atoms with Gasteiger partial charge in [0.15, 0.2) is 0 Å². The van der Waals surface area contributed by atoms with Crippen molar-refractivity contribution in [3.63, 3.8) is 0 Å². The number of aryl methyl sites for hydroxylation is 1. The van der Waals surface area contributed by atoms with Gasteiger partial charge in [-0.05, 0) is 41.8 Å². The molecule has 2 amide bonds. The molecule has 0 aromatic heterocycles. The number of para-hydroxylation sites is 1. The molecule has 0 radical (unpaired) electrons. The van der Waals surface area contributed by atoms with Gasteiger partial charge in [-0.2, -0.15) is 0 Å². The van der Waals surface area contributed by atoms with Crippen LogP contribution in [0.25, 0.3) is 0 Å². The van der Waals surface area contributed by atoms with Crippen LogP contribution in [0.5, 0.6) is 0 Å². The minimum atomic E-state index is -3.82. The molecule has 0 unspecified atom stereocenters. The largest absolute Gasteiger partial charge is 0.357 e. The smallest absolute Gasteiger partial charge is 0.244 e. The van der Waals surface area contributed by atoms with Gasteiger partial charge in [-0.15, -0.1) is 0 Å². The van der Waals surface area contributed by atoms with Crippen molar-refractivity contribution >= 4 is 50.7 Å². The molecule has 0 heterocycles. The van der Waals surface area contributed by atoms with Gasteiger partial charge in [-0.25, -0.2) is 8.42 Å². The Morgan fingerprint density at radius 1 is 0.919 bits per heavy atom. The van der Waals surface area contributed by atoms with Crippen LogP contribution in [0.2, 0.25) is 10.0 Å². The summed E-state index contributed by atoms with van der Waals surface area (Å²) >= 11 is 12.3. The minimum absolute atomic E-state index is 0.0199. The van der Waals surface area contributed by atoms with Crippen LogP contribution >= 0.6 is 23.2 Å². The summed E-state index contributed by atoms with van der Waals surface area (Å²) in [7, 11) is -2.32. The number of carbonyl (C=O) groups is 2. The molecule has 7 nitrogen and oxygen atoms in total. The predicted octanol–water partition coefficient (Wildman–Crippen LogP) is 4.45. The quantitative estimate of drug-likeness (QED) is 0.396. The van der Waals surface area contributed by atoms with E-state index in [0.717, 1.165) is 16.1 Å². The molecule has 1 atom stereocenters. The molecule has 0 bridgehead atoms. The van der Waals surface area contributed by atoms with Crippen LogP contribution in [0.1, 0.15) is 16.7 Å². The Morgan fingerprint density at radius 3 is 2.16 bits per heavy atom. The Morgan fingerprint density at radius 2 is 1.57 bits per heavy atom. The molecule has 1 N–H and O–H groups in total. The molecular weight excluding hydrogens is 533 g/mol. The molecule has 3 aromatic rings. The Kier molecular flexibility index (Phi) is 9.59. The maximum absolute atomic E-state index is 13.9. The highest BCUT2D eigenvalue weighted by atomic mass is 35.5. The van der Waals surface area contributed by atoms with Gasteiger partial charge in [0.05, 0.1) is 22.0 Å². The first-order valence-corrected chi connectivity index (χ1v) is 14.1. The van der Waals surface area contributed by atoms with E-state index in [9.17, 15) is 18.0 Å². The molecule has 37 heavy (non-hydrogen) atoms. The molecule has 0 aliphatic heterocycles. The van der Waals surface area contributed by atoms with E-state index in [1.54, 1.807) is 49.4 Å². The van der Waals surface area contributed by atoms with E-state index in [0.29, 0.717) is 26.9 Å². The van der Waals surface area contributed by atoms with Crippen molar-refractivity contribution < 1.29 is 18.0 Å². The van der Waals surface area contributed by atoms with Crippen molar-refractivity contribution in [2.45, 2.75) is 25.9 Å². The molecule has 196 valence electrons. The van der Waals surface area contributed by atoms with E-state index in [1.165, 1.54) is 11.9 Å². The predicted molar refractivity (Wildman–Crippen MR) is 148 cm³/mol. The molecular formula is C27H29Cl2N3O4S. The van der Waals surface area contributed by atoms with E-state index in [1.807, 2.05) is 30.3 Å². The fourth-order valence-corrected chi connectivity index (χ4v) is 5.22. The first kappa shape index (κ1) is 28.5. The summed E-state index contributed by atoms with van der Waals surface area (Å²) < 4.78 is 26.6. The lowest BCUT2D eigenvalue weighted by molar-refractivity contribution is -0.139. The topological polar surface area (TPSA) is 86.8 Å². The van der Waals surface area contributed by atoms with E-state index in [4.69, 9.17) is 23.2 Å². The highest BCUT2D eigenvalue weighted by Gasteiger charge is 2.33. The van der Waals surface area contributed by atoms with Crippen molar-refractivity contribution in [3.8, 4) is 0 Å². The number of rotatable bonds is 10. The second-order valence-electron chi connectivity index (χ2n) is 8.65. The lowest BCUT2D eigenvalue weighted by Crippen LogP contribution is -2.53. The van der Waals surface area contributed by atoms with Crippen LogP contribution in [-0.2, 0) is 32.6 Å². The minimum Gasteiger partial charge on any atom is -0.357 e. The summed E-state index contributed by atoms with van der Waals surface area (Å²) in [6, 6.07) is 20.3. The third kappa shape index (κ3) is 7.47. The van der Waals surface area contributed by atoms with Gasteiger partial charge in [0.1, 0.15) is 12.6 Å². The van der Waals surface area contributed by atoms with Crippen LogP contribution in [0.4, 0.5) is 5.69 Å². The number of anilines is 1. The molecule has 0 aliphatic rings. The third-order valence-corrected chi connectivity index (χ3v) is 7.78. The number of nitrogens with one attached hydrogen (secondary N) is 1. The molecule has 0 saturated heterocycles. The van der Waals surface area contributed by atoms with Gasteiger partial charge in [0.25, 0.3) is 0 Å². The maximum atomic E-state index is 13.9. The van der Waals surface area contributed by atoms with Gasteiger partial charge in [-0.1, -0.05) is 77.8 Å². The Hall–Kier alpha value is -3.07. The number of halogens is 2. The first-order valence-electron chi connectivity index (χ1n) is 11.5. The van der Waals surface area contributed by atoms with Crippen LogP contribution in [0, 0.1) is 6.92 Å². The summed E-state index contributed by atoms with van der Waals surface area (Å²) in [4.78, 5) is 28.4. The molecule has 10 heteroatoms. The van der Waals surface area contributed by atoms with E-state index in [-0.39, 0.29) is 18.9 Å². The molecule has 0 spiro atoms. The van der Waals surface area contributed by atoms with Crippen molar-refractivity contribution in [3.05, 3.63) is 99.5 Å². The van der Waals surface area contributed by atoms with Gasteiger partial charge in [0.2, 0.25) is 21.8 Å². The second-order valence-corrected chi connectivity index (χ2v) is 11.4. The SMILES string of the molecule is CNC(=O)[C@H](Cc1ccccc1)N(Cc1ccc(Cl)c(Cl)c1)C(=O)CN(c1ccccc1C)S(C)(=O)=O. The zero-order valence-corrected chi connectivity index (χ0v) is 23.1. The van der Waals surface area contributed by atoms with Crippen LogP contribution in [-0.4, -0.2) is 51.0 Å². The molecule has 0 aliphatic carbocycles. The molecule has 0 saturated carbocycles. The van der Waals surface area contributed by atoms with E-state index >= 15 is 0 Å². The lowest BCUT2D eigenvalue weighted by Gasteiger charge is -2.33. The van der Waals surface area contributed by atoms with Crippen molar-refractivity contribution in [2.24, 2.45) is 0 Å². The summed E-state index contributed by atoms with van der Waals surface area (Å²) in [5.74, 6) is -0.914. The standard InChI is InChI=1S/C27H29Cl2N3O4S/c1-19-9-7-8-12-24(19)32(37(3,35)36)18-26(33)31(17-21-13-14-22(28)23(29)15-21)25(27(34)30-2)16-20-10-5-4-6-11-20/h4-15,25H,16-18H2,1-3H3,(H,30,34)/t25-/m0/s1. The van der Waals surface area contributed by atoms with Gasteiger partial charge < -0.3 is 10.2 Å². The highest BCUT2D eigenvalue weighted by Crippen LogP contribution is 2.26.